The zero-order chi connectivity index (χ0) is 13.9. The molecule has 0 unspecified atom stereocenters. The highest BCUT2D eigenvalue weighted by atomic mass is 16.2. The summed E-state index contributed by atoms with van der Waals surface area (Å²) in [5.74, 6) is 0.0769. The van der Waals surface area contributed by atoms with E-state index < -0.39 is 0 Å². The van der Waals surface area contributed by atoms with Gasteiger partial charge in [-0.3, -0.25) is 4.79 Å². The highest BCUT2D eigenvalue weighted by Gasteiger charge is 2.23. The number of anilines is 1. The molecule has 0 fully saturated rings. The lowest BCUT2D eigenvalue weighted by molar-refractivity contribution is 0.0979. The van der Waals surface area contributed by atoms with Crippen LogP contribution in [0.25, 0.3) is 0 Å². The largest absolute Gasteiger partial charge is 0.344 e. The van der Waals surface area contributed by atoms with Gasteiger partial charge in [0, 0.05) is 38.1 Å². The molecule has 0 saturated carbocycles. The van der Waals surface area contributed by atoms with Gasteiger partial charge in [0.15, 0.2) is 0 Å². The molecular weight excluding hydrogens is 250 g/mol. The second kappa shape index (κ2) is 5.51. The maximum Gasteiger partial charge on any atom is 0.274 e. The third kappa shape index (κ3) is 2.23. The van der Waals surface area contributed by atoms with Gasteiger partial charge in [-0.15, -0.1) is 0 Å². The van der Waals surface area contributed by atoms with E-state index in [-0.39, 0.29) is 5.91 Å². The van der Waals surface area contributed by atoms with Crippen LogP contribution in [0.3, 0.4) is 0 Å². The normalized spacial score (nSPS) is 14.8. The van der Waals surface area contributed by atoms with Crippen LogP contribution in [0.4, 0.5) is 5.69 Å². The average molecular weight is 269 g/mol. The first-order chi connectivity index (χ1) is 9.81. The van der Waals surface area contributed by atoms with Crippen LogP contribution in [-0.4, -0.2) is 23.6 Å². The Bertz CT molecular complexity index is 618. The second-order valence-corrected chi connectivity index (χ2v) is 4.94. The Morgan fingerprint density at radius 2 is 2.10 bits per heavy atom. The molecule has 1 aliphatic heterocycles. The van der Waals surface area contributed by atoms with Crippen molar-refractivity contribution in [3.8, 4) is 0 Å². The number of amides is 1. The van der Waals surface area contributed by atoms with Crippen molar-refractivity contribution in [2.75, 3.05) is 18.0 Å². The van der Waals surface area contributed by atoms with Crippen molar-refractivity contribution in [1.29, 1.82) is 0 Å². The van der Waals surface area contributed by atoms with Gasteiger partial charge in [-0.1, -0.05) is 18.2 Å². The number of benzene rings is 1. The SMILES string of the molecule is CCn1cccc1C(=O)N1CCNCc2ccccc21. The van der Waals surface area contributed by atoms with Crippen molar-refractivity contribution in [2.24, 2.45) is 0 Å². The summed E-state index contributed by atoms with van der Waals surface area (Å²) >= 11 is 0. The number of nitrogens with one attached hydrogen (secondary N) is 1. The van der Waals surface area contributed by atoms with Crippen LogP contribution >= 0.6 is 0 Å². The van der Waals surface area contributed by atoms with E-state index in [1.807, 2.05) is 46.0 Å². The molecule has 1 aromatic heterocycles. The molecule has 1 N–H and O–H groups in total. The number of carbonyl (C=O) groups excluding carboxylic acids is 1. The van der Waals surface area contributed by atoms with Gasteiger partial charge in [-0.05, 0) is 30.7 Å². The van der Waals surface area contributed by atoms with E-state index in [4.69, 9.17) is 0 Å². The van der Waals surface area contributed by atoms with Gasteiger partial charge >= 0.3 is 0 Å². The average Bonchev–Trinajstić information content (AvgIpc) is 2.86. The number of aryl methyl sites for hydroxylation is 1. The summed E-state index contributed by atoms with van der Waals surface area (Å²) in [6, 6.07) is 11.9. The van der Waals surface area contributed by atoms with Gasteiger partial charge in [0.1, 0.15) is 5.69 Å². The van der Waals surface area contributed by atoms with Crippen molar-refractivity contribution in [3.63, 3.8) is 0 Å². The Morgan fingerprint density at radius 3 is 2.95 bits per heavy atom. The van der Waals surface area contributed by atoms with Crippen LogP contribution in [0, 0.1) is 0 Å². The van der Waals surface area contributed by atoms with Crippen LogP contribution in [0.5, 0.6) is 0 Å². The van der Waals surface area contributed by atoms with Crippen LogP contribution in [0.1, 0.15) is 23.0 Å². The molecule has 1 amide bonds. The molecule has 0 bridgehead atoms. The lowest BCUT2D eigenvalue weighted by Crippen LogP contribution is -2.35. The first-order valence-electron chi connectivity index (χ1n) is 7.07. The lowest BCUT2D eigenvalue weighted by atomic mass is 10.1. The smallest absolute Gasteiger partial charge is 0.274 e. The van der Waals surface area contributed by atoms with Crippen LogP contribution in [0.15, 0.2) is 42.6 Å². The van der Waals surface area contributed by atoms with Gasteiger partial charge in [-0.25, -0.2) is 0 Å². The van der Waals surface area contributed by atoms with E-state index in [2.05, 4.69) is 18.3 Å². The van der Waals surface area contributed by atoms with E-state index in [1.54, 1.807) is 0 Å². The predicted molar refractivity (Wildman–Crippen MR) is 79.9 cm³/mol. The maximum atomic E-state index is 12.8. The summed E-state index contributed by atoms with van der Waals surface area (Å²) in [7, 11) is 0. The van der Waals surface area contributed by atoms with Gasteiger partial charge in [0.25, 0.3) is 5.91 Å². The maximum absolute atomic E-state index is 12.8. The van der Waals surface area contributed by atoms with E-state index in [1.165, 1.54) is 5.56 Å². The highest BCUT2D eigenvalue weighted by Crippen LogP contribution is 2.24. The molecule has 0 spiro atoms. The van der Waals surface area contributed by atoms with Crippen molar-refractivity contribution in [3.05, 3.63) is 53.9 Å². The highest BCUT2D eigenvalue weighted by molar-refractivity contribution is 6.05. The number of fused-ring (bicyclic) bond motifs is 1. The number of aromatic nitrogens is 1. The molecule has 1 aliphatic rings. The van der Waals surface area contributed by atoms with Gasteiger partial charge in [0.2, 0.25) is 0 Å². The van der Waals surface area contributed by atoms with Gasteiger partial charge < -0.3 is 14.8 Å². The molecule has 1 aromatic carbocycles. The summed E-state index contributed by atoms with van der Waals surface area (Å²) in [4.78, 5) is 14.7. The molecule has 20 heavy (non-hydrogen) atoms. The fourth-order valence-corrected chi connectivity index (χ4v) is 2.69. The minimum Gasteiger partial charge on any atom is -0.344 e. The molecule has 104 valence electrons. The van der Waals surface area contributed by atoms with E-state index in [0.717, 1.165) is 31.0 Å². The number of hydrogen-bond acceptors (Lipinski definition) is 2. The van der Waals surface area contributed by atoms with E-state index in [0.29, 0.717) is 6.54 Å². The minimum absolute atomic E-state index is 0.0769. The second-order valence-electron chi connectivity index (χ2n) is 4.94. The van der Waals surface area contributed by atoms with Crippen molar-refractivity contribution >= 4 is 11.6 Å². The van der Waals surface area contributed by atoms with Crippen molar-refractivity contribution < 1.29 is 4.79 Å². The van der Waals surface area contributed by atoms with Crippen LogP contribution in [0.2, 0.25) is 0 Å². The lowest BCUT2D eigenvalue weighted by Gasteiger charge is -2.23. The molecule has 4 heteroatoms. The first kappa shape index (κ1) is 12.9. The summed E-state index contributed by atoms with van der Waals surface area (Å²) in [6.07, 6.45) is 1.95. The quantitative estimate of drug-likeness (QED) is 0.908. The van der Waals surface area contributed by atoms with Crippen molar-refractivity contribution in [2.45, 2.75) is 20.0 Å². The van der Waals surface area contributed by atoms with Crippen molar-refractivity contribution in [1.82, 2.24) is 9.88 Å². The fourth-order valence-electron chi connectivity index (χ4n) is 2.69. The summed E-state index contributed by atoms with van der Waals surface area (Å²) in [5.41, 5.74) is 2.95. The Balaban J connectivity index is 1.99. The van der Waals surface area contributed by atoms with Crippen LogP contribution < -0.4 is 10.2 Å². The zero-order valence-electron chi connectivity index (χ0n) is 11.7. The fraction of sp³-hybridized carbons (Fsp3) is 0.312. The van der Waals surface area contributed by atoms with Crippen LogP contribution in [-0.2, 0) is 13.1 Å². The number of nitrogens with zero attached hydrogens (tertiary/aromatic N) is 2. The standard InChI is InChI=1S/C16H19N3O/c1-2-18-10-5-8-15(18)16(20)19-11-9-17-12-13-6-3-4-7-14(13)19/h3-8,10,17H,2,9,11-12H2,1H3. The zero-order valence-corrected chi connectivity index (χ0v) is 11.7. The Morgan fingerprint density at radius 1 is 1.25 bits per heavy atom. The summed E-state index contributed by atoms with van der Waals surface area (Å²) in [6.45, 7) is 5.18. The van der Waals surface area contributed by atoms with E-state index in [9.17, 15) is 4.79 Å². The van der Waals surface area contributed by atoms with E-state index >= 15 is 0 Å². The molecule has 0 atom stereocenters. The Labute approximate surface area is 119 Å². The van der Waals surface area contributed by atoms with Gasteiger partial charge in [-0.2, -0.15) is 0 Å². The predicted octanol–water partition coefficient (Wildman–Crippen LogP) is 2.26. The first-order valence-corrected chi connectivity index (χ1v) is 7.07. The number of para-hydroxylation sites is 1. The monoisotopic (exact) mass is 269 g/mol. The third-order valence-electron chi connectivity index (χ3n) is 3.74. The Hall–Kier alpha value is -2.07. The molecule has 0 saturated heterocycles. The summed E-state index contributed by atoms with van der Waals surface area (Å²) < 4.78 is 1.99. The summed E-state index contributed by atoms with van der Waals surface area (Å²) in [5, 5.41) is 3.36. The molecule has 2 aromatic rings. The molecular formula is C16H19N3O. The minimum atomic E-state index is 0.0769. The topological polar surface area (TPSA) is 37.3 Å². The number of rotatable bonds is 2. The molecule has 0 aliphatic carbocycles. The molecule has 0 radical (unpaired) electrons. The van der Waals surface area contributed by atoms with Gasteiger partial charge in [0.05, 0.1) is 0 Å². The Kier molecular flexibility index (Phi) is 3.56. The molecule has 4 nitrogen and oxygen atoms in total. The number of hydrogen-bond donors (Lipinski definition) is 1. The third-order valence-corrected chi connectivity index (χ3v) is 3.74. The number of carbonyl (C=O) groups is 1. The molecule has 2 heterocycles. The molecule has 3 rings (SSSR count).